The molecule has 1 N–H and O–H groups in total. The van der Waals surface area contributed by atoms with Crippen molar-refractivity contribution in [1.82, 2.24) is 0 Å². The number of rotatable bonds is 7. The normalized spacial score (nSPS) is 11.2. The first-order chi connectivity index (χ1) is 11.7. The van der Waals surface area contributed by atoms with Gasteiger partial charge in [-0.15, -0.1) is 0 Å². The van der Waals surface area contributed by atoms with Crippen molar-refractivity contribution in [3.8, 4) is 5.75 Å². The third-order valence-corrected chi connectivity index (χ3v) is 3.61. The second kappa shape index (κ2) is 8.84. The van der Waals surface area contributed by atoms with Gasteiger partial charge in [-0.25, -0.2) is 0 Å². The van der Waals surface area contributed by atoms with Gasteiger partial charge >= 0.3 is 5.97 Å². The van der Waals surface area contributed by atoms with Crippen LogP contribution in [0, 0.1) is 6.92 Å². The van der Waals surface area contributed by atoms with Gasteiger partial charge in [-0.2, -0.15) is 0 Å². The minimum absolute atomic E-state index is 0.00155. The molecular formula is C19H21NO4. The fraction of sp³-hybridized carbons (Fsp3) is 0.263. The van der Waals surface area contributed by atoms with Gasteiger partial charge in [0.25, 0.3) is 0 Å². The molecule has 0 aliphatic carbocycles. The van der Waals surface area contributed by atoms with E-state index in [1.807, 2.05) is 55.5 Å². The number of nitrogens with zero attached hydrogens (tertiary/aromatic N) is 1. The predicted octanol–water partition coefficient (Wildman–Crippen LogP) is 2.88. The summed E-state index contributed by atoms with van der Waals surface area (Å²) in [6, 6.07) is 15.3. The number of ether oxygens (including phenoxy) is 2. The Kier molecular flexibility index (Phi) is 6.51. The van der Waals surface area contributed by atoms with Gasteiger partial charge in [0.15, 0.2) is 0 Å². The highest BCUT2D eigenvalue weighted by atomic mass is 16.5. The number of carbonyl (C=O) groups excluding carboxylic acids is 1. The largest absolute Gasteiger partial charge is 0.489 e. The molecule has 0 saturated carbocycles. The Bertz CT molecular complexity index is 725. The number of esters is 1. The number of para-hydroxylation sites is 1. The zero-order valence-electron chi connectivity index (χ0n) is 13.9. The second-order valence-electron chi connectivity index (χ2n) is 5.21. The van der Waals surface area contributed by atoms with Crippen molar-refractivity contribution < 1.29 is 19.4 Å². The number of aryl methyl sites for hydroxylation is 1. The number of hydrogen-bond acceptors (Lipinski definition) is 5. The van der Waals surface area contributed by atoms with E-state index >= 15 is 0 Å². The highest BCUT2D eigenvalue weighted by Crippen LogP contribution is 2.20. The lowest BCUT2D eigenvalue weighted by Crippen LogP contribution is -2.14. The Morgan fingerprint density at radius 2 is 1.83 bits per heavy atom. The molecule has 0 saturated heterocycles. The third kappa shape index (κ3) is 4.67. The highest BCUT2D eigenvalue weighted by molar-refractivity contribution is 6.10. The smallest absolute Gasteiger partial charge is 0.311 e. The Morgan fingerprint density at radius 1 is 1.12 bits per heavy atom. The topological polar surface area (TPSA) is 68.1 Å². The van der Waals surface area contributed by atoms with E-state index in [4.69, 9.17) is 14.6 Å². The molecule has 0 radical (unpaired) electrons. The van der Waals surface area contributed by atoms with Crippen LogP contribution in [-0.4, -0.2) is 30.6 Å². The number of aliphatic hydroxyl groups excluding tert-OH is 1. The monoisotopic (exact) mass is 327 g/mol. The number of methoxy groups -OCH3 is 1. The van der Waals surface area contributed by atoms with Gasteiger partial charge < -0.3 is 14.6 Å². The van der Waals surface area contributed by atoms with Gasteiger partial charge in [-0.1, -0.05) is 42.5 Å². The van der Waals surface area contributed by atoms with Crippen LogP contribution in [0.5, 0.6) is 5.75 Å². The van der Waals surface area contributed by atoms with Crippen LogP contribution in [0.15, 0.2) is 53.5 Å². The van der Waals surface area contributed by atoms with Crippen molar-refractivity contribution in [2.45, 2.75) is 20.0 Å². The van der Waals surface area contributed by atoms with Crippen molar-refractivity contribution in [1.29, 1.82) is 0 Å². The first-order valence-electron chi connectivity index (χ1n) is 7.63. The molecule has 5 heteroatoms. The predicted molar refractivity (Wildman–Crippen MR) is 92.2 cm³/mol. The molecule has 0 unspecified atom stereocenters. The molecule has 0 bridgehead atoms. The maximum Gasteiger partial charge on any atom is 0.311 e. The number of aliphatic hydroxyl groups is 1. The molecule has 0 fully saturated rings. The molecule has 0 amide bonds. The molecule has 0 spiro atoms. The van der Waals surface area contributed by atoms with Crippen LogP contribution in [0.2, 0.25) is 0 Å². The van der Waals surface area contributed by atoms with E-state index in [-0.39, 0.29) is 13.2 Å². The van der Waals surface area contributed by atoms with Gasteiger partial charge in [0.05, 0.1) is 19.2 Å². The van der Waals surface area contributed by atoms with Crippen LogP contribution in [0.3, 0.4) is 0 Å². The second-order valence-corrected chi connectivity index (χ2v) is 5.21. The average Bonchev–Trinajstić information content (AvgIpc) is 2.61. The summed E-state index contributed by atoms with van der Waals surface area (Å²) in [5, 5.41) is 9.15. The number of hydrogen-bond donors (Lipinski definition) is 1. The molecule has 2 rings (SSSR count). The van der Waals surface area contributed by atoms with E-state index in [1.54, 1.807) is 0 Å². The van der Waals surface area contributed by atoms with Crippen LogP contribution >= 0.6 is 0 Å². The lowest BCUT2D eigenvalue weighted by molar-refractivity contribution is -0.139. The Hall–Kier alpha value is -2.66. The first kappa shape index (κ1) is 17.7. The van der Waals surface area contributed by atoms with E-state index in [0.717, 1.165) is 22.4 Å². The summed E-state index contributed by atoms with van der Waals surface area (Å²) in [5.74, 6) is 0.401. The minimum atomic E-state index is -0.406. The highest BCUT2D eigenvalue weighted by Gasteiger charge is 2.14. The summed E-state index contributed by atoms with van der Waals surface area (Å²) < 4.78 is 10.6. The first-order valence-corrected chi connectivity index (χ1v) is 7.63. The van der Waals surface area contributed by atoms with E-state index in [1.165, 1.54) is 7.11 Å². The Balaban J connectivity index is 2.24. The van der Waals surface area contributed by atoms with Crippen LogP contribution in [-0.2, 0) is 16.1 Å². The van der Waals surface area contributed by atoms with Gasteiger partial charge in [0.2, 0.25) is 0 Å². The quantitative estimate of drug-likeness (QED) is 0.627. The van der Waals surface area contributed by atoms with Crippen molar-refractivity contribution >= 4 is 11.7 Å². The van der Waals surface area contributed by atoms with E-state index in [9.17, 15) is 4.79 Å². The number of benzene rings is 2. The molecule has 0 aromatic heterocycles. The molecule has 5 nitrogen and oxygen atoms in total. The van der Waals surface area contributed by atoms with E-state index < -0.39 is 5.97 Å². The maximum atomic E-state index is 11.6. The molecule has 24 heavy (non-hydrogen) atoms. The molecule has 2 aromatic carbocycles. The van der Waals surface area contributed by atoms with E-state index in [2.05, 4.69) is 4.99 Å². The van der Waals surface area contributed by atoms with Gasteiger partial charge in [0.1, 0.15) is 19.1 Å². The Labute approximate surface area is 141 Å². The molecule has 0 aliphatic rings. The van der Waals surface area contributed by atoms with Gasteiger partial charge in [0, 0.05) is 5.56 Å². The Morgan fingerprint density at radius 3 is 2.54 bits per heavy atom. The van der Waals surface area contributed by atoms with Crippen molar-refractivity contribution in [3.63, 3.8) is 0 Å². The van der Waals surface area contributed by atoms with Crippen LogP contribution in [0.1, 0.15) is 23.1 Å². The van der Waals surface area contributed by atoms with Gasteiger partial charge in [-0.3, -0.25) is 9.79 Å². The molecule has 0 heterocycles. The zero-order valence-corrected chi connectivity index (χ0v) is 13.9. The van der Waals surface area contributed by atoms with E-state index in [0.29, 0.717) is 12.3 Å². The molecular weight excluding hydrogens is 306 g/mol. The minimum Gasteiger partial charge on any atom is -0.489 e. The summed E-state index contributed by atoms with van der Waals surface area (Å²) in [6.07, 6.45) is -0.00155. The van der Waals surface area contributed by atoms with Crippen LogP contribution in [0.25, 0.3) is 0 Å². The molecule has 0 atom stereocenters. The summed E-state index contributed by atoms with van der Waals surface area (Å²) in [6.45, 7) is 1.93. The van der Waals surface area contributed by atoms with Crippen molar-refractivity contribution in [3.05, 3.63) is 65.2 Å². The lowest BCUT2D eigenvalue weighted by Gasteiger charge is -2.14. The fourth-order valence-corrected chi connectivity index (χ4v) is 2.33. The summed E-state index contributed by atoms with van der Waals surface area (Å²) in [7, 11) is 1.33. The summed E-state index contributed by atoms with van der Waals surface area (Å²) in [5.41, 5.74) is 3.18. The molecule has 0 aliphatic heterocycles. The van der Waals surface area contributed by atoms with Crippen molar-refractivity contribution in [2.75, 3.05) is 13.8 Å². The SMILES string of the molecule is COC(=O)CC(=NCO)c1ccccc1COc1ccccc1C. The van der Waals surface area contributed by atoms with Gasteiger partial charge in [-0.05, 0) is 24.1 Å². The molecule has 126 valence electrons. The third-order valence-electron chi connectivity index (χ3n) is 3.61. The number of aliphatic imine (C=N–C) groups is 1. The fourth-order valence-electron chi connectivity index (χ4n) is 2.33. The van der Waals surface area contributed by atoms with Crippen LogP contribution in [0.4, 0.5) is 0 Å². The molecule has 2 aromatic rings. The lowest BCUT2D eigenvalue weighted by atomic mass is 10.0. The van der Waals surface area contributed by atoms with Crippen molar-refractivity contribution in [2.24, 2.45) is 4.99 Å². The summed E-state index contributed by atoms with van der Waals surface area (Å²) in [4.78, 5) is 15.6. The summed E-state index contributed by atoms with van der Waals surface area (Å²) >= 11 is 0. The number of carbonyl (C=O) groups is 1. The maximum absolute atomic E-state index is 11.6. The standard InChI is InChI=1S/C19H21NO4/c1-14-7-3-6-10-18(14)24-12-15-8-4-5-9-16(15)17(20-13-21)11-19(22)23-2/h3-10,21H,11-13H2,1-2H3. The average molecular weight is 327 g/mol. The van der Waals surface area contributed by atoms with Crippen LogP contribution < -0.4 is 4.74 Å². The zero-order chi connectivity index (χ0) is 17.4.